The number of hydrogen-bond donors (Lipinski definition) is 9. The number of aliphatic carboxylic acids is 3. The molecule has 0 saturated heterocycles. The molecule has 0 heterocycles. The summed E-state index contributed by atoms with van der Waals surface area (Å²) in [6.07, 6.45) is 28.2. The SMILES string of the molecule is CCCCCCCCCCCCNC(CCC(N)=O)C(=O)O.CCCCCCCCCCCCNC(CCC(N)=O)C(=O)O.NCCCCC(N)C(=O)O. The van der Waals surface area contributed by atoms with Gasteiger partial charge in [0.25, 0.3) is 0 Å². The molecule has 14 heteroatoms. The van der Waals surface area contributed by atoms with Crippen LogP contribution in [0.5, 0.6) is 0 Å². The van der Waals surface area contributed by atoms with Gasteiger partial charge in [0, 0.05) is 12.8 Å². The number of carbonyl (C=O) groups excluding carboxylic acids is 2. The first kappa shape index (κ1) is 55.5. The second-order valence-electron chi connectivity index (χ2n) is 14.3. The van der Waals surface area contributed by atoms with Crippen LogP contribution < -0.4 is 33.6 Å². The third kappa shape index (κ3) is 45.3. The smallest absolute Gasteiger partial charge is 0.320 e. The summed E-state index contributed by atoms with van der Waals surface area (Å²) >= 11 is 0. The summed E-state index contributed by atoms with van der Waals surface area (Å²) in [7, 11) is 0. The van der Waals surface area contributed by atoms with E-state index < -0.39 is 47.8 Å². The second kappa shape index (κ2) is 42.9. The highest BCUT2D eigenvalue weighted by atomic mass is 16.4. The lowest BCUT2D eigenvalue weighted by molar-refractivity contribution is -0.140. The largest absolute Gasteiger partial charge is 0.480 e. The Balaban J connectivity index is -0.000000774. The molecule has 3 atom stereocenters. The maximum Gasteiger partial charge on any atom is 0.320 e. The molecule has 0 fully saturated rings. The minimum Gasteiger partial charge on any atom is -0.480 e. The lowest BCUT2D eigenvalue weighted by Crippen LogP contribution is -2.38. The van der Waals surface area contributed by atoms with Crippen molar-refractivity contribution in [1.82, 2.24) is 10.6 Å². The fraction of sp³-hybridized carbons (Fsp3) is 0.875. The van der Waals surface area contributed by atoms with Crippen LogP contribution in [-0.2, 0) is 24.0 Å². The fourth-order valence-electron chi connectivity index (χ4n) is 5.61. The first-order valence-corrected chi connectivity index (χ1v) is 21.0. The van der Waals surface area contributed by atoms with Crippen molar-refractivity contribution in [3.8, 4) is 0 Å². The van der Waals surface area contributed by atoms with Crippen molar-refractivity contribution in [2.24, 2.45) is 22.9 Å². The van der Waals surface area contributed by atoms with Crippen LogP contribution in [0.4, 0.5) is 0 Å². The molecule has 0 saturated carbocycles. The number of nitrogens with two attached hydrogens (primary N) is 4. The minimum absolute atomic E-state index is 0.113. The number of rotatable bonds is 37. The van der Waals surface area contributed by atoms with Crippen molar-refractivity contribution in [3.63, 3.8) is 0 Å². The van der Waals surface area contributed by atoms with E-state index in [-0.39, 0.29) is 25.7 Å². The Morgan fingerprint density at radius 3 is 1.04 bits per heavy atom. The van der Waals surface area contributed by atoms with E-state index in [4.69, 9.17) is 38.3 Å². The highest BCUT2D eigenvalue weighted by Crippen LogP contribution is 2.12. The maximum atomic E-state index is 11.0. The zero-order valence-corrected chi connectivity index (χ0v) is 34.1. The molecule has 2 amide bonds. The Kier molecular flexibility index (Phi) is 44.1. The summed E-state index contributed by atoms with van der Waals surface area (Å²) in [5.41, 5.74) is 20.5. The van der Waals surface area contributed by atoms with Gasteiger partial charge in [0.15, 0.2) is 0 Å². The number of nitrogens with one attached hydrogen (secondary N) is 2. The van der Waals surface area contributed by atoms with Gasteiger partial charge < -0.3 is 48.9 Å². The predicted octanol–water partition coefficient (Wildman–Crippen LogP) is 5.96. The third-order valence-corrected chi connectivity index (χ3v) is 9.08. The number of unbranched alkanes of at least 4 members (excludes halogenated alkanes) is 19. The van der Waals surface area contributed by atoms with Gasteiger partial charge in [0.2, 0.25) is 11.8 Å². The average Bonchev–Trinajstić information content (AvgIpc) is 3.12. The van der Waals surface area contributed by atoms with Gasteiger partial charge in [-0.2, -0.15) is 0 Å². The number of hydrogen-bond acceptors (Lipinski definition) is 9. The van der Waals surface area contributed by atoms with E-state index in [1.807, 2.05) is 0 Å². The number of carboxylic acids is 3. The summed E-state index contributed by atoms with van der Waals surface area (Å²) in [6.45, 7) is 6.44. The molecule has 0 aliphatic rings. The van der Waals surface area contributed by atoms with Crippen molar-refractivity contribution < 1.29 is 39.3 Å². The van der Waals surface area contributed by atoms with E-state index >= 15 is 0 Å². The molecule has 3 unspecified atom stereocenters. The van der Waals surface area contributed by atoms with Crippen LogP contribution >= 0.6 is 0 Å². The van der Waals surface area contributed by atoms with Gasteiger partial charge >= 0.3 is 17.9 Å². The molecule has 0 aromatic carbocycles. The average molecular weight is 775 g/mol. The molecule has 0 aliphatic carbocycles. The van der Waals surface area contributed by atoms with Gasteiger partial charge in [0.05, 0.1) is 0 Å². The van der Waals surface area contributed by atoms with Gasteiger partial charge in [-0.25, -0.2) is 0 Å². The minimum atomic E-state index is -0.933. The molecular formula is C40H82N6O8. The van der Waals surface area contributed by atoms with E-state index in [1.54, 1.807) is 0 Å². The van der Waals surface area contributed by atoms with Crippen LogP contribution in [0.15, 0.2) is 0 Å². The van der Waals surface area contributed by atoms with Crippen molar-refractivity contribution in [3.05, 3.63) is 0 Å². The molecule has 0 radical (unpaired) electrons. The molecule has 320 valence electrons. The molecule has 0 spiro atoms. The molecule has 0 aromatic rings. The van der Waals surface area contributed by atoms with Gasteiger partial charge in [-0.1, -0.05) is 136 Å². The first-order valence-electron chi connectivity index (χ1n) is 21.0. The van der Waals surface area contributed by atoms with Gasteiger partial charge in [-0.05, 0) is 58.2 Å². The fourth-order valence-corrected chi connectivity index (χ4v) is 5.61. The van der Waals surface area contributed by atoms with Crippen molar-refractivity contribution in [2.45, 2.75) is 205 Å². The standard InChI is InChI=1S/2C17H34N2O3.C6H14N2O2/c2*1-2-3-4-5-6-7-8-9-10-11-14-19-15(17(21)22)12-13-16(18)20;7-4-2-1-3-5(8)6(9)10/h2*15,19H,2-14H2,1H3,(H2,18,20)(H,21,22);5H,1-4,7-8H2,(H,9,10). The van der Waals surface area contributed by atoms with Crippen LogP contribution in [0, 0.1) is 0 Å². The molecular weight excluding hydrogens is 692 g/mol. The Hall–Kier alpha value is -2.81. The number of amides is 2. The maximum absolute atomic E-state index is 11.0. The van der Waals surface area contributed by atoms with Crippen molar-refractivity contribution in [1.29, 1.82) is 0 Å². The lowest BCUT2D eigenvalue weighted by atomic mass is 10.1. The molecule has 14 nitrogen and oxygen atoms in total. The topological polar surface area (TPSA) is 274 Å². The second-order valence-corrected chi connectivity index (χ2v) is 14.3. The molecule has 13 N–H and O–H groups in total. The zero-order valence-electron chi connectivity index (χ0n) is 34.1. The highest BCUT2D eigenvalue weighted by Gasteiger charge is 2.18. The van der Waals surface area contributed by atoms with E-state index in [1.165, 1.54) is 103 Å². The summed E-state index contributed by atoms with van der Waals surface area (Å²) in [5, 5.41) is 32.4. The van der Waals surface area contributed by atoms with Crippen molar-refractivity contribution in [2.75, 3.05) is 19.6 Å². The Labute approximate surface area is 327 Å². The Bertz CT molecular complexity index is 854. The van der Waals surface area contributed by atoms with E-state index in [0.29, 0.717) is 26.1 Å². The van der Waals surface area contributed by atoms with Gasteiger partial charge in [-0.15, -0.1) is 0 Å². The summed E-state index contributed by atoms with van der Waals surface area (Å²) in [5.74, 6) is -3.65. The third-order valence-electron chi connectivity index (χ3n) is 9.08. The number of carbonyl (C=O) groups is 5. The molecule has 0 aliphatic heterocycles. The predicted molar refractivity (Wildman–Crippen MR) is 218 cm³/mol. The van der Waals surface area contributed by atoms with Crippen LogP contribution in [0.25, 0.3) is 0 Å². The van der Waals surface area contributed by atoms with Crippen LogP contribution in [0.2, 0.25) is 0 Å². The van der Waals surface area contributed by atoms with Gasteiger partial charge in [0.1, 0.15) is 18.1 Å². The lowest BCUT2D eigenvalue weighted by Gasteiger charge is -2.13. The first-order chi connectivity index (χ1) is 25.8. The van der Waals surface area contributed by atoms with Gasteiger partial charge in [-0.3, -0.25) is 24.0 Å². The summed E-state index contributed by atoms with van der Waals surface area (Å²) in [4.78, 5) is 53.5. The normalized spacial score (nSPS) is 12.4. The zero-order chi connectivity index (χ0) is 41.2. The van der Waals surface area contributed by atoms with E-state index in [2.05, 4.69) is 24.5 Å². The van der Waals surface area contributed by atoms with Crippen LogP contribution in [0.1, 0.15) is 187 Å². The van der Waals surface area contributed by atoms with Crippen LogP contribution in [0.3, 0.4) is 0 Å². The molecule has 0 aromatic heterocycles. The van der Waals surface area contributed by atoms with E-state index in [0.717, 1.165) is 38.5 Å². The Morgan fingerprint density at radius 1 is 0.463 bits per heavy atom. The number of carboxylic acid groups (broad SMARTS) is 3. The number of primary amides is 2. The molecule has 0 rings (SSSR count). The Morgan fingerprint density at radius 2 is 0.778 bits per heavy atom. The molecule has 54 heavy (non-hydrogen) atoms. The van der Waals surface area contributed by atoms with Crippen LogP contribution in [-0.4, -0.2) is 82.8 Å². The van der Waals surface area contributed by atoms with E-state index in [9.17, 15) is 24.0 Å². The monoisotopic (exact) mass is 775 g/mol. The highest BCUT2D eigenvalue weighted by molar-refractivity contribution is 5.77. The quantitative estimate of drug-likeness (QED) is 0.0331. The summed E-state index contributed by atoms with van der Waals surface area (Å²) in [6, 6.07) is -2.04. The van der Waals surface area contributed by atoms with Crippen molar-refractivity contribution >= 4 is 29.7 Å². The molecule has 0 bridgehead atoms. The summed E-state index contributed by atoms with van der Waals surface area (Å²) < 4.78 is 0.